The summed E-state index contributed by atoms with van der Waals surface area (Å²) in [5.41, 5.74) is 3.06. The number of fused-ring (bicyclic) bond motifs is 1. The zero-order valence-electron chi connectivity index (χ0n) is 13.2. The number of anilines is 1. The average Bonchev–Trinajstić information content (AvgIpc) is 2.95. The van der Waals surface area contributed by atoms with E-state index in [1.165, 1.54) is 32.1 Å². The molecular weight excluding hydrogens is 260 g/mol. The van der Waals surface area contributed by atoms with E-state index in [-0.39, 0.29) is 5.91 Å². The molecule has 1 saturated heterocycles. The molecule has 1 N–H and O–H groups in total. The third-order valence-electron chi connectivity index (χ3n) is 5.09. The number of carbonyl (C=O) groups is 1. The molecule has 2 fully saturated rings. The largest absolute Gasteiger partial charge is 0.385 e. The van der Waals surface area contributed by atoms with Crippen molar-refractivity contribution in [3.63, 3.8) is 0 Å². The highest BCUT2D eigenvalue weighted by molar-refractivity contribution is 5.96. The molecule has 0 aromatic heterocycles. The molecule has 0 bridgehead atoms. The Balaban J connectivity index is 1.81. The maximum Gasteiger partial charge on any atom is 0.254 e. The van der Waals surface area contributed by atoms with Crippen LogP contribution in [0.1, 0.15) is 54.9 Å². The first-order valence-electron chi connectivity index (χ1n) is 8.36. The predicted molar refractivity (Wildman–Crippen MR) is 86.7 cm³/mol. The number of benzene rings is 1. The molecule has 1 saturated carbocycles. The molecule has 2 aliphatic rings. The number of amides is 1. The lowest BCUT2D eigenvalue weighted by Crippen LogP contribution is -2.46. The highest BCUT2D eigenvalue weighted by Crippen LogP contribution is 2.37. The van der Waals surface area contributed by atoms with Crippen molar-refractivity contribution in [1.82, 2.24) is 4.90 Å². The highest BCUT2D eigenvalue weighted by Gasteiger charge is 2.37. The molecule has 21 heavy (non-hydrogen) atoms. The number of carbonyl (C=O) groups excluding carboxylic acids is 1. The van der Waals surface area contributed by atoms with E-state index < -0.39 is 0 Å². The number of likely N-dealkylation sites (tertiary alicyclic amines) is 1. The number of nitrogens with one attached hydrogen (secondary N) is 1. The highest BCUT2D eigenvalue weighted by atomic mass is 16.2. The first kappa shape index (κ1) is 14.4. The first-order chi connectivity index (χ1) is 10.2. The summed E-state index contributed by atoms with van der Waals surface area (Å²) in [7, 11) is 0. The minimum atomic E-state index is 0.243. The van der Waals surface area contributed by atoms with Crippen molar-refractivity contribution in [2.24, 2.45) is 5.92 Å². The minimum absolute atomic E-state index is 0.243. The van der Waals surface area contributed by atoms with Gasteiger partial charge in [-0.2, -0.15) is 0 Å². The molecule has 2 atom stereocenters. The molecule has 3 rings (SSSR count). The van der Waals surface area contributed by atoms with Crippen molar-refractivity contribution in [2.75, 3.05) is 18.4 Å². The Morgan fingerprint density at radius 1 is 1.29 bits per heavy atom. The lowest BCUT2D eigenvalue weighted by atomic mass is 9.91. The summed E-state index contributed by atoms with van der Waals surface area (Å²) >= 11 is 0. The Labute approximate surface area is 127 Å². The Morgan fingerprint density at radius 2 is 2.10 bits per heavy atom. The molecule has 1 aliphatic heterocycles. The topological polar surface area (TPSA) is 32.3 Å². The number of nitrogens with zero attached hydrogens (tertiary/aromatic N) is 1. The molecule has 1 aliphatic carbocycles. The van der Waals surface area contributed by atoms with Gasteiger partial charge in [0.2, 0.25) is 0 Å². The molecular formula is C18H26N2O. The van der Waals surface area contributed by atoms with E-state index in [4.69, 9.17) is 0 Å². The van der Waals surface area contributed by atoms with Gasteiger partial charge >= 0.3 is 0 Å². The van der Waals surface area contributed by atoms with Gasteiger partial charge in [-0.15, -0.1) is 0 Å². The summed E-state index contributed by atoms with van der Waals surface area (Å²) in [6, 6.07) is 6.61. The van der Waals surface area contributed by atoms with E-state index in [1.807, 2.05) is 19.1 Å². The molecule has 1 amide bonds. The van der Waals surface area contributed by atoms with Crippen LogP contribution in [0.25, 0.3) is 0 Å². The van der Waals surface area contributed by atoms with Crippen molar-refractivity contribution < 1.29 is 4.79 Å². The molecule has 114 valence electrons. The predicted octanol–water partition coefficient (Wildman–Crippen LogP) is 3.83. The summed E-state index contributed by atoms with van der Waals surface area (Å²) in [5, 5.41) is 3.31. The average molecular weight is 286 g/mol. The maximum atomic E-state index is 12.9. The normalized spacial score (nSPS) is 24.8. The fourth-order valence-corrected chi connectivity index (χ4v) is 4.08. The summed E-state index contributed by atoms with van der Waals surface area (Å²) in [6.07, 6.45) is 6.28. The Hall–Kier alpha value is -1.51. The number of hydrogen-bond donors (Lipinski definition) is 1. The van der Waals surface area contributed by atoms with E-state index in [0.717, 1.165) is 35.8 Å². The lowest BCUT2D eigenvalue weighted by Gasteiger charge is -2.38. The minimum Gasteiger partial charge on any atom is -0.385 e. The van der Waals surface area contributed by atoms with Gasteiger partial charge < -0.3 is 10.2 Å². The Bertz CT molecular complexity index is 526. The molecule has 1 aromatic rings. The van der Waals surface area contributed by atoms with Crippen LogP contribution in [0.5, 0.6) is 0 Å². The van der Waals surface area contributed by atoms with Crippen LogP contribution < -0.4 is 5.32 Å². The second-order valence-corrected chi connectivity index (χ2v) is 6.46. The van der Waals surface area contributed by atoms with Gasteiger partial charge in [0.15, 0.2) is 0 Å². The number of hydrogen-bond acceptors (Lipinski definition) is 2. The second-order valence-electron chi connectivity index (χ2n) is 6.46. The molecule has 1 heterocycles. The molecule has 1 aromatic carbocycles. The zero-order chi connectivity index (χ0) is 14.8. The van der Waals surface area contributed by atoms with Crippen molar-refractivity contribution in [2.45, 2.75) is 52.0 Å². The van der Waals surface area contributed by atoms with E-state index in [9.17, 15) is 4.79 Å². The van der Waals surface area contributed by atoms with Crippen molar-refractivity contribution >= 4 is 11.6 Å². The molecule has 0 spiro atoms. The fourth-order valence-electron chi connectivity index (χ4n) is 4.08. The standard InChI is InChI=1S/C18H26N2O/c1-3-19-15-9-10-16(13(2)12-15)18(21)20-11-5-7-14-6-4-8-17(14)20/h9-10,12,14,17,19H,3-8,11H2,1-2H3. The van der Waals surface area contributed by atoms with Gasteiger partial charge in [-0.3, -0.25) is 4.79 Å². The van der Waals surface area contributed by atoms with Crippen LogP contribution >= 0.6 is 0 Å². The quantitative estimate of drug-likeness (QED) is 0.916. The summed E-state index contributed by atoms with van der Waals surface area (Å²) in [4.78, 5) is 15.1. The van der Waals surface area contributed by atoms with E-state index in [0.29, 0.717) is 6.04 Å². The van der Waals surface area contributed by atoms with Gasteiger partial charge in [0.25, 0.3) is 5.91 Å². The third kappa shape index (κ3) is 2.78. The summed E-state index contributed by atoms with van der Waals surface area (Å²) < 4.78 is 0. The van der Waals surface area contributed by atoms with Crippen LogP contribution in [0.2, 0.25) is 0 Å². The third-order valence-corrected chi connectivity index (χ3v) is 5.09. The number of piperidine rings is 1. The van der Waals surface area contributed by atoms with Crippen molar-refractivity contribution in [3.05, 3.63) is 29.3 Å². The SMILES string of the molecule is CCNc1ccc(C(=O)N2CCCC3CCCC32)c(C)c1. The van der Waals surface area contributed by atoms with E-state index in [2.05, 4.69) is 23.2 Å². The Morgan fingerprint density at radius 3 is 2.86 bits per heavy atom. The van der Waals surface area contributed by atoms with Gasteiger partial charge in [-0.1, -0.05) is 6.42 Å². The van der Waals surface area contributed by atoms with E-state index in [1.54, 1.807) is 0 Å². The van der Waals surface area contributed by atoms with Crippen LogP contribution in [0.4, 0.5) is 5.69 Å². The van der Waals surface area contributed by atoms with Gasteiger partial charge in [-0.25, -0.2) is 0 Å². The molecule has 2 unspecified atom stereocenters. The molecule has 0 radical (unpaired) electrons. The van der Waals surface area contributed by atoms with Crippen LogP contribution in [-0.2, 0) is 0 Å². The van der Waals surface area contributed by atoms with Crippen LogP contribution in [0.3, 0.4) is 0 Å². The zero-order valence-corrected chi connectivity index (χ0v) is 13.2. The fraction of sp³-hybridized carbons (Fsp3) is 0.611. The summed E-state index contributed by atoms with van der Waals surface area (Å²) in [5.74, 6) is 0.996. The molecule has 3 nitrogen and oxygen atoms in total. The number of rotatable bonds is 3. The van der Waals surface area contributed by atoms with Gasteiger partial charge in [0.05, 0.1) is 0 Å². The van der Waals surface area contributed by atoms with Crippen molar-refractivity contribution in [3.8, 4) is 0 Å². The Kier molecular flexibility index (Phi) is 4.18. The van der Waals surface area contributed by atoms with Gasteiger partial charge in [0, 0.05) is 30.4 Å². The van der Waals surface area contributed by atoms with Crippen LogP contribution in [-0.4, -0.2) is 29.9 Å². The first-order valence-corrected chi connectivity index (χ1v) is 8.36. The second kappa shape index (κ2) is 6.08. The monoisotopic (exact) mass is 286 g/mol. The lowest BCUT2D eigenvalue weighted by molar-refractivity contribution is 0.0547. The van der Waals surface area contributed by atoms with Gasteiger partial charge in [-0.05, 0) is 69.2 Å². The smallest absolute Gasteiger partial charge is 0.254 e. The molecule has 3 heteroatoms. The van der Waals surface area contributed by atoms with Crippen LogP contribution in [0, 0.1) is 12.8 Å². The van der Waals surface area contributed by atoms with Crippen LogP contribution in [0.15, 0.2) is 18.2 Å². The summed E-state index contributed by atoms with van der Waals surface area (Å²) in [6.45, 7) is 5.98. The number of aryl methyl sites for hydroxylation is 1. The van der Waals surface area contributed by atoms with E-state index >= 15 is 0 Å². The van der Waals surface area contributed by atoms with Crippen molar-refractivity contribution in [1.29, 1.82) is 0 Å². The van der Waals surface area contributed by atoms with Gasteiger partial charge in [0.1, 0.15) is 0 Å². The maximum absolute atomic E-state index is 12.9.